The summed E-state index contributed by atoms with van der Waals surface area (Å²) < 4.78 is 32.0. The van der Waals surface area contributed by atoms with E-state index in [1.54, 1.807) is 0 Å². The number of hydrogen-bond acceptors (Lipinski definition) is 6. The number of hydrogen-bond donors (Lipinski definition) is 3. The number of nitrogen functional groups attached to an aromatic ring is 1. The van der Waals surface area contributed by atoms with Gasteiger partial charge in [0, 0.05) is 11.4 Å². The van der Waals surface area contributed by atoms with Crippen molar-refractivity contribution in [2.24, 2.45) is 0 Å². The Hall–Kier alpha value is -2.13. The van der Waals surface area contributed by atoms with E-state index in [9.17, 15) is 22.6 Å². The number of anilines is 2. The zero-order chi connectivity index (χ0) is 14.6. The van der Waals surface area contributed by atoms with Crippen LogP contribution in [0.25, 0.3) is 0 Å². The predicted octanol–water partition coefficient (Wildman–Crippen LogP) is -0.404. The predicted molar refractivity (Wildman–Crippen MR) is 65.2 cm³/mol. The van der Waals surface area contributed by atoms with E-state index in [1.807, 2.05) is 0 Å². The number of carbonyl (C=O) groups is 2. The van der Waals surface area contributed by atoms with Gasteiger partial charge in [0.1, 0.15) is 10.1 Å². The molecule has 0 fully saturated rings. The molecule has 1 amide bonds. The monoisotopic (exact) mass is 287 g/mol. The van der Waals surface area contributed by atoms with E-state index in [-0.39, 0.29) is 0 Å². The van der Waals surface area contributed by atoms with E-state index in [4.69, 9.17) is 10.8 Å². The molecule has 1 rings (SSSR count). The molecule has 8 nitrogen and oxygen atoms in total. The Labute approximate surface area is 109 Å². The number of carboxylic acids is 1. The highest BCUT2D eigenvalue weighted by Gasteiger charge is 2.27. The minimum absolute atomic E-state index is 0.312. The van der Waals surface area contributed by atoms with E-state index in [2.05, 4.69) is 5.32 Å². The first-order chi connectivity index (χ1) is 8.70. The molecule has 0 aliphatic rings. The van der Waals surface area contributed by atoms with Crippen molar-refractivity contribution in [1.82, 2.24) is 0 Å². The van der Waals surface area contributed by atoms with Gasteiger partial charge in [0.25, 0.3) is 0 Å². The molecule has 0 aliphatic carbocycles. The number of carbonyl (C=O) groups excluding carboxylic acids is 1. The van der Waals surface area contributed by atoms with Crippen molar-refractivity contribution < 1.29 is 27.7 Å². The van der Waals surface area contributed by atoms with Crippen molar-refractivity contribution in [3.05, 3.63) is 24.3 Å². The van der Waals surface area contributed by atoms with Gasteiger partial charge in [-0.1, -0.05) is 0 Å². The zero-order valence-electron chi connectivity index (χ0n) is 9.57. The molecule has 0 spiro atoms. The van der Waals surface area contributed by atoms with Gasteiger partial charge in [-0.25, -0.2) is 8.42 Å². The Morgan fingerprint density at radius 2 is 1.84 bits per heavy atom. The average molecular weight is 287 g/mol. The van der Waals surface area contributed by atoms with Gasteiger partial charge in [-0.3, -0.25) is 9.59 Å². The number of aliphatic carboxylic acids is 1. The highest BCUT2D eigenvalue weighted by Crippen LogP contribution is 2.12. The molecule has 0 saturated carbocycles. The van der Waals surface area contributed by atoms with Crippen LogP contribution in [0, 0.1) is 0 Å². The van der Waals surface area contributed by atoms with E-state index in [0.29, 0.717) is 11.4 Å². The normalized spacial score (nSPS) is 12.7. The summed E-state index contributed by atoms with van der Waals surface area (Å²) in [6.07, 6.45) is -0.953. The lowest BCUT2D eigenvalue weighted by Gasteiger charge is -2.15. The average Bonchev–Trinajstić information content (AvgIpc) is 2.27. The Morgan fingerprint density at radius 3 is 2.26 bits per heavy atom. The van der Waals surface area contributed by atoms with Gasteiger partial charge < -0.3 is 20.7 Å². The number of nitrogens with one attached hydrogen (secondary N) is 1. The van der Waals surface area contributed by atoms with Crippen LogP contribution in [0.5, 0.6) is 0 Å². The summed E-state index contributed by atoms with van der Waals surface area (Å²) in [6, 6.07) is 5.90. The molecule has 0 bridgehead atoms. The summed E-state index contributed by atoms with van der Waals surface area (Å²) in [5.74, 6) is -2.75. The Kier molecular flexibility index (Phi) is 4.46. The molecular weight excluding hydrogens is 276 g/mol. The zero-order valence-corrected chi connectivity index (χ0v) is 10.4. The minimum Gasteiger partial charge on any atom is -0.747 e. The molecule has 1 unspecified atom stereocenters. The quantitative estimate of drug-likeness (QED) is 0.492. The van der Waals surface area contributed by atoms with Crippen LogP contribution in [0.4, 0.5) is 11.4 Å². The second kappa shape index (κ2) is 5.67. The van der Waals surface area contributed by atoms with Crippen molar-refractivity contribution >= 4 is 33.4 Å². The van der Waals surface area contributed by atoms with E-state index in [0.717, 1.165) is 0 Å². The molecule has 9 heteroatoms. The third kappa shape index (κ3) is 4.56. The number of rotatable bonds is 5. The fourth-order valence-electron chi connectivity index (χ4n) is 1.26. The molecule has 0 aromatic heterocycles. The maximum Gasteiger partial charge on any atom is 0.321 e. The number of benzene rings is 1. The Morgan fingerprint density at radius 1 is 1.32 bits per heavy atom. The fourth-order valence-corrected chi connectivity index (χ4v) is 1.86. The number of carboxylic acid groups (broad SMARTS) is 1. The molecule has 0 heterocycles. The first-order valence-corrected chi connectivity index (χ1v) is 6.50. The molecule has 0 saturated heterocycles. The van der Waals surface area contributed by atoms with Crippen LogP contribution in [0.2, 0.25) is 0 Å². The molecular formula is C10H11N2O6S-. The van der Waals surface area contributed by atoms with Crippen LogP contribution in [0.1, 0.15) is 6.42 Å². The fraction of sp³-hybridized carbons (Fsp3) is 0.200. The maximum absolute atomic E-state index is 11.4. The third-order valence-electron chi connectivity index (χ3n) is 2.19. The molecule has 1 aromatic carbocycles. The van der Waals surface area contributed by atoms with Gasteiger partial charge in [0.15, 0.2) is 5.25 Å². The van der Waals surface area contributed by atoms with Crippen molar-refractivity contribution in [3.63, 3.8) is 0 Å². The van der Waals surface area contributed by atoms with Gasteiger partial charge in [-0.05, 0) is 24.3 Å². The van der Waals surface area contributed by atoms with Gasteiger partial charge in [-0.2, -0.15) is 0 Å². The lowest BCUT2D eigenvalue weighted by atomic mass is 10.2. The largest absolute Gasteiger partial charge is 0.747 e. The lowest BCUT2D eigenvalue weighted by Crippen LogP contribution is -2.34. The summed E-state index contributed by atoms with van der Waals surface area (Å²) >= 11 is 0. The Bertz CT molecular complexity index is 581. The topological polar surface area (TPSA) is 150 Å². The second-order valence-corrected chi connectivity index (χ2v) is 5.25. The van der Waals surface area contributed by atoms with E-state index in [1.165, 1.54) is 24.3 Å². The van der Waals surface area contributed by atoms with Crippen LogP contribution in [-0.2, 0) is 19.7 Å². The van der Waals surface area contributed by atoms with Crippen LogP contribution < -0.4 is 11.1 Å². The van der Waals surface area contributed by atoms with E-state index >= 15 is 0 Å². The molecule has 1 aromatic rings. The summed E-state index contributed by atoms with van der Waals surface area (Å²) in [5, 5.41) is 8.55. The third-order valence-corrected chi connectivity index (χ3v) is 3.25. The van der Waals surface area contributed by atoms with Gasteiger partial charge >= 0.3 is 5.97 Å². The summed E-state index contributed by atoms with van der Waals surface area (Å²) in [5.41, 5.74) is 6.20. The van der Waals surface area contributed by atoms with Crippen LogP contribution in [-0.4, -0.2) is 35.2 Å². The summed E-state index contributed by atoms with van der Waals surface area (Å²) in [6.45, 7) is 0. The standard InChI is InChI=1S/C10H12N2O6S/c11-6-1-3-7(4-2-6)12-9(13)5-8(10(14)15)19(16,17)18/h1-4,8H,5,11H2,(H,12,13)(H,14,15)(H,16,17,18)/p-1. The first kappa shape index (κ1) is 14.9. The number of amides is 1. The lowest BCUT2D eigenvalue weighted by molar-refractivity contribution is -0.138. The molecule has 104 valence electrons. The van der Waals surface area contributed by atoms with Gasteiger partial charge in [-0.15, -0.1) is 0 Å². The minimum atomic E-state index is -5.09. The van der Waals surface area contributed by atoms with Crippen molar-refractivity contribution in [2.45, 2.75) is 11.7 Å². The first-order valence-electron chi connectivity index (χ1n) is 5.03. The molecule has 1 atom stereocenters. The van der Waals surface area contributed by atoms with Crippen molar-refractivity contribution in [1.29, 1.82) is 0 Å². The van der Waals surface area contributed by atoms with Gasteiger partial charge in [0.2, 0.25) is 5.91 Å². The van der Waals surface area contributed by atoms with E-state index < -0.39 is 33.7 Å². The summed E-state index contributed by atoms with van der Waals surface area (Å²) in [7, 11) is -5.09. The van der Waals surface area contributed by atoms with Crippen LogP contribution >= 0.6 is 0 Å². The maximum atomic E-state index is 11.4. The SMILES string of the molecule is Nc1ccc(NC(=O)CC(C(=O)O)S(=O)(=O)[O-])cc1. The number of nitrogens with two attached hydrogens (primary N) is 1. The van der Waals surface area contributed by atoms with Crippen LogP contribution in [0.15, 0.2) is 24.3 Å². The van der Waals surface area contributed by atoms with Crippen molar-refractivity contribution in [3.8, 4) is 0 Å². The van der Waals surface area contributed by atoms with Gasteiger partial charge in [0.05, 0.1) is 6.42 Å². The molecule has 0 radical (unpaired) electrons. The molecule has 19 heavy (non-hydrogen) atoms. The highest BCUT2D eigenvalue weighted by molar-refractivity contribution is 7.87. The van der Waals surface area contributed by atoms with Crippen LogP contribution in [0.3, 0.4) is 0 Å². The Balaban J connectivity index is 2.74. The van der Waals surface area contributed by atoms with Crippen molar-refractivity contribution in [2.75, 3.05) is 11.1 Å². The summed E-state index contributed by atoms with van der Waals surface area (Å²) in [4.78, 5) is 22.1. The second-order valence-electron chi connectivity index (χ2n) is 3.69. The highest BCUT2D eigenvalue weighted by atomic mass is 32.2. The smallest absolute Gasteiger partial charge is 0.321 e. The molecule has 4 N–H and O–H groups in total. The molecule has 0 aliphatic heterocycles.